The minimum Gasteiger partial charge on any atom is -0.379 e. The Morgan fingerprint density at radius 3 is 2.58 bits per heavy atom. The number of morpholine rings is 1. The first-order valence-electron chi connectivity index (χ1n) is 7.82. The normalized spacial score (nSPS) is 15.6. The van der Waals surface area contributed by atoms with Gasteiger partial charge in [0.25, 0.3) is 5.91 Å². The Hall–Kier alpha value is -1.45. The summed E-state index contributed by atoms with van der Waals surface area (Å²) in [6.45, 7) is 1.27. The third-order valence-corrected chi connectivity index (χ3v) is 6.59. The van der Waals surface area contributed by atoms with E-state index in [1.807, 2.05) is 6.07 Å². The summed E-state index contributed by atoms with van der Waals surface area (Å²) >= 11 is 9.46. The maximum Gasteiger partial charge on any atom is 0.257 e. The monoisotopic (exact) mass is 458 g/mol. The smallest absolute Gasteiger partial charge is 0.257 e. The Labute approximate surface area is 165 Å². The summed E-state index contributed by atoms with van der Waals surface area (Å²) in [6.07, 6.45) is 0. The number of amides is 1. The van der Waals surface area contributed by atoms with Crippen LogP contribution in [0.1, 0.15) is 10.4 Å². The molecule has 138 valence electrons. The molecule has 0 spiro atoms. The summed E-state index contributed by atoms with van der Waals surface area (Å²) in [5.41, 5.74) is 0.669. The molecule has 0 bridgehead atoms. The van der Waals surface area contributed by atoms with E-state index >= 15 is 0 Å². The number of rotatable bonds is 4. The van der Waals surface area contributed by atoms with E-state index in [4.69, 9.17) is 16.3 Å². The number of hydrogen-bond donors (Lipinski definition) is 1. The van der Waals surface area contributed by atoms with Crippen molar-refractivity contribution in [2.75, 3.05) is 31.6 Å². The molecule has 2 aromatic rings. The van der Waals surface area contributed by atoms with Crippen LogP contribution < -0.4 is 5.32 Å². The van der Waals surface area contributed by atoms with Crippen LogP contribution in [0.4, 0.5) is 5.69 Å². The van der Waals surface area contributed by atoms with E-state index in [1.165, 1.54) is 22.5 Å². The number of halogens is 2. The Morgan fingerprint density at radius 1 is 1.15 bits per heavy atom. The molecule has 0 aromatic heterocycles. The molecule has 0 atom stereocenters. The molecule has 0 aliphatic carbocycles. The maximum absolute atomic E-state index is 12.8. The van der Waals surface area contributed by atoms with Gasteiger partial charge in [0, 0.05) is 23.2 Å². The molecule has 2 aromatic carbocycles. The quantitative estimate of drug-likeness (QED) is 0.760. The van der Waals surface area contributed by atoms with Crippen molar-refractivity contribution in [1.82, 2.24) is 4.31 Å². The molecule has 1 fully saturated rings. The number of carbonyl (C=O) groups is 1. The first kappa shape index (κ1) is 19.3. The molecule has 26 heavy (non-hydrogen) atoms. The van der Waals surface area contributed by atoms with Crippen LogP contribution >= 0.6 is 27.5 Å². The summed E-state index contributed by atoms with van der Waals surface area (Å²) in [4.78, 5) is 12.6. The van der Waals surface area contributed by atoms with E-state index in [0.717, 1.165) is 4.47 Å². The van der Waals surface area contributed by atoms with Crippen molar-refractivity contribution in [1.29, 1.82) is 0 Å². The third-order valence-electron chi connectivity index (χ3n) is 3.87. The van der Waals surface area contributed by atoms with Crippen LogP contribution in [0.3, 0.4) is 0 Å². The van der Waals surface area contributed by atoms with E-state index in [-0.39, 0.29) is 28.6 Å². The predicted molar refractivity (Wildman–Crippen MR) is 103 cm³/mol. The van der Waals surface area contributed by atoms with E-state index in [1.54, 1.807) is 18.2 Å². The SMILES string of the molecule is O=C(Nc1cccc(Br)c1)c1cc(S(=O)(=O)N2CCOCC2)ccc1Cl. The van der Waals surface area contributed by atoms with Crippen LogP contribution in [0.5, 0.6) is 0 Å². The first-order valence-corrected chi connectivity index (χ1v) is 10.4. The molecule has 1 amide bonds. The Bertz CT molecular complexity index is 930. The predicted octanol–water partition coefficient (Wildman–Crippen LogP) is 3.38. The van der Waals surface area contributed by atoms with Crippen LogP contribution in [0, 0.1) is 0 Å². The number of benzene rings is 2. The Morgan fingerprint density at radius 2 is 1.88 bits per heavy atom. The average Bonchev–Trinajstić information content (AvgIpc) is 2.62. The van der Waals surface area contributed by atoms with Crippen molar-refractivity contribution in [2.24, 2.45) is 0 Å². The minimum absolute atomic E-state index is 0.0307. The lowest BCUT2D eigenvalue weighted by molar-refractivity contribution is 0.0730. The summed E-state index contributed by atoms with van der Waals surface area (Å²) in [6, 6.07) is 11.2. The topological polar surface area (TPSA) is 75.7 Å². The molecule has 0 radical (unpaired) electrons. The van der Waals surface area contributed by atoms with Crippen LogP contribution in [0.15, 0.2) is 51.8 Å². The molecule has 0 unspecified atom stereocenters. The molecule has 3 rings (SSSR count). The summed E-state index contributed by atoms with van der Waals surface area (Å²) in [5, 5.41) is 2.90. The van der Waals surface area contributed by atoms with Crippen molar-refractivity contribution < 1.29 is 17.9 Å². The van der Waals surface area contributed by atoms with Crippen LogP contribution in [-0.4, -0.2) is 44.9 Å². The van der Waals surface area contributed by atoms with Gasteiger partial charge in [-0.25, -0.2) is 8.42 Å². The van der Waals surface area contributed by atoms with E-state index < -0.39 is 15.9 Å². The van der Waals surface area contributed by atoms with E-state index in [9.17, 15) is 13.2 Å². The van der Waals surface area contributed by atoms with Gasteiger partial charge >= 0.3 is 0 Å². The molecule has 0 saturated carbocycles. The fourth-order valence-electron chi connectivity index (χ4n) is 2.54. The lowest BCUT2D eigenvalue weighted by atomic mass is 10.2. The van der Waals surface area contributed by atoms with Crippen LogP contribution in [0.25, 0.3) is 0 Å². The number of sulfonamides is 1. The largest absolute Gasteiger partial charge is 0.379 e. The van der Waals surface area contributed by atoms with Gasteiger partial charge in [-0.2, -0.15) is 4.31 Å². The van der Waals surface area contributed by atoms with Crippen molar-refractivity contribution in [3.8, 4) is 0 Å². The number of nitrogens with one attached hydrogen (secondary N) is 1. The highest BCUT2D eigenvalue weighted by atomic mass is 79.9. The minimum atomic E-state index is -3.71. The number of anilines is 1. The molecular weight excluding hydrogens is 444 g/mol. The molecule has 1 N–H and O–H groups in total. The van der Waals surface area contributed by atoms with Crippen LogP contribution in [0.2, 0.25) is 5.02 Å². The van der Waals surface area contributed by atoms with Gasteiger partial charge in [0.15, 0.2) is 0 Å². The highest BCUT2D eigenvalue weighted by molar-refractivity contribution is 9.10. The molecule has 1 saturated heterocycles. The summed E-state index contributed by atoms with van der Waals surface area (Å²) in [7, 11) is -3.71. The number of carbonyl (C=O) groups excluding carboxylic acids is 1. The second-order valence-corrected chi connectivity index (χ2v) is 8.88. The highest BCUT2D eigenvalue weighted by Gasteiger charge is 2.27. The summed E-state index contributed by atoms with van der Waals surface area (Å²) in [5.74, 6) is -0.480. The van der Waals surface area contributed by atoms with Crippen molar-refractivity contribution >= 4 is 49.1 Å². The van der Waals surface area contributed by atoms with Crippen LogP contribution in [-0.2, 0) is 14.8 Å². The third kappa shape index (κ3) is 4.27. The van der Waals surface area contributed by atoms with E-state index in [2.05, 4.69) is 21.2 Å². The zero-order chi connectivity index (χ0) is 18.7. The van der Waals surface area contributed by atoms with E-state index in [0.29, 0.717) is 18.9 Å². The molecule has 1 aliphatic heterocycles. The van der Waals surface area contributed by atoms with Gasteiger partial charge < -0.3 is 10.1 Å². The molecule has 1 aliphatic rings. The average molecular weight is 460 g/mol. The fourth-order valence-corrected chi connectivity index (χ4v) is 4.58. The van der Waals surface area contributed by atoms with Crippen molar-refractivity contribution in [3.05, 3.63) is 57.5 Å². The Balaban J connectivity index is 1.88. The second kappa shape index (κ2) is 8.06. The van der Waals surface area contributed by atoms with Crippen molar-refractivity contribution in [2.45, 2.75) is 4.90 Å². The lowest BCUT2D eigenvalue weighted by Crippen LogP contribution is -2.40. The summed E-state index contributed by atoms with van der Waals surface area (Å²) < 4.78 is 32.9. The number of ether oxygens (including phenoxy) is 1. The zero-order valence-electron chi connectivity index (χ0n) is 13.6. The molecule has 6 nitrogen and oxygen atoms in total. The van der Waals surface area contributed by atoms with Gasteiger partial charge in [-0.3, -0.25) is 4.79 Å². The van der Waals surface area contributed by atoms with Gasteiger partial charge in [0.2, 0.25) is 10.0 Å². The van der Waals surface area contributed by atoms with Gasteiger partial charge in [-0.15, -0.1) is 0 Å². The molecule has 9 heteroatoms. The number of nitrogens with zero attached hydrogens (tertiary/aromatic N) is 1. The first-order chi connectivity index (χ1) is 12.4. The van der Waals surface area contributed by atoms with Gasteiger partial charge in [0.05, 0.1) is 28.7 Å². The van der Waals surface area contributed by atoms with Gasteiger partial charge in [-0.05, 0) is 36.4 Å². The zero-order valence-corrected chi connectivity index (χ0v) is 16.8. The second-order valence-electron chi connectivity index (χ2n) is 5.62. The Kier molecular flexibility index (Phi) is 5.99. The highest BCUT2D eigenvalue weighted by Crippen LogP contribution is 2.25. The fraction of sp³-hybridized carbons (Fsp3) is 0.235. The maximum atomic E-state index is 12.8. The molecule has 1 heterocycles. The standard InChI is InChI=1S/C17H16BrClN2O4S/c18-12-2-1-3-13(10-12)20-17(22)15-11-14(4-5-16(15)19)26(23,24)21-6-8-25-9-7-21/h1-5,10-11H,6-9H2,(H,20,22). The van der Waals surface area contributed by atoms with Gasteiger partial charge in [-0.1, -0.05) is 33.6 Å². The van der Waals surface area contributed by atoms with Crippen molar-refractivity contribution in [3.63, 3.8) is 0 Å². The lowest BCUT2D eigenvalue weighted by Gasteiger charge is -2.26. The van der Waals surface area contributed by atoms with Gasteiger partial charge in [0.1, 0.15) is 0 Å². The number of hydrogen-bond acceptors (Lipinski definition) is 4. The molecular formula is C17H16BrClN2O4S.